The fraction of sp³-hybridized carbons (Fsp3) is 0.680. The maximum absolute atomic E-state index is 11.8. The predicted molar refractivity (Wildman–Crippen MR) is 140 cm³/mol. The fourth-order valence-corrected chi connectivity index (χ4v) is 4.03. The van der Waals surface area contributed by atoms with Crippen molar-refractivity contribution in [3.8, 4) is 0 Å². The lowest BCUT2D eigenvalue weighted by Gasteiger charge is -2.29. The Kier molecular flexibility index (Phi) is 17.7. The van der Waals surface area contributed by atoms with Gasteiger partial charge in [-0.25, -0.2) is 9.16 Å². The van der Waals surface area contributed by atoms with Crippen molar-refractivity contribution >= 4 is 22.1 Å². The molecule has 192 valence electrons. The van der Waals surface area contributed by atoms with Crippen LogP contribution in [0.3, 0.4) is 0 Å². The zero-order valence-electron chi connectivity index (χ0n) is 18.1. The quantitative estimate of drug-likeness (QED) is 0.602. The van der Waals surface area contributed by atoms with Crippen molar-refractivity contribution in [3.63, 3.8) is 0 Å². The Morgan fingerprint density at radius 1 is 1.18 bits per heavy atom. The summed E-state index contributed by atoms with van der Waals surface area (Å²) in [7, 11) is -1.88. The molecule has 2 aliphatic heterocycles. The Balaban J connectivity index is 0. The standard InChI is InChI=1S/C14H17NO3.C8H18N2OS.3CH4/c16-10-13-7-4-8-15(9-13)14(17)18-11-12-5-2-1-3-6-12;1-12(2,11)10-7-8-4-3-5-9-6-8;;;/h1-3,5-6,10,13H,4,7-9,11H2;8-9H,3-7H2,1-2H3;3*1H4. The van der Waals surface area contributed by atoms with Gasteiger partial charge in [0.15, 0.2) is 0 Å². The Morgan fingerprint density at radius 2 is 1.88 bits per heavy atom. The van der Waals surface area contributed by atoms with Gasteiger partial charge in [0.25, 0.3) is 0 Å². The Labute approximate surface area is 202 Å². The van der Waals surface area contributed by atoms with Crippen molar-refractivity contribution in [1.29, 1.82) is 0 Å². The van der Waals surface area contributed by atoms with Gasteiger partial charge >= 0.3 is 6.09 Å². The maximum Gasteiger partial charge on any atom is 0.410 e. The van der Waals surface area contributed by atoms with Gasteiger partial charge in [-0.3, -0.25) is 4.21 Å². The van der Waals surface area contributed by atoms with Gasteiger partial charge in [-0.1, -0.05) is 52.6 Å². The summed E-state index contributed by atoms with van der Waals surface area (Å²) in [6, 6.07) is 9.57. The van der Waals surface area contributed by atoms with Gasteiger partial charge in [0, 0.05) is 41.2 Å². The Bertz CT molecular complexity index is 765. The molecule has 2 fully saturated rings. The Morgan fingerprint density at radius 3 is 2.45 bits per heavy atom. The zero-order valence-corrected chi connectivity index (χ0v) is 18.9. The largest absolute Gasteiger partial charge is 0.445 e. The van der Waals surface area contributed by atoms with Crippen LogP contribution < -0.4 is 5.32 Å². The minimum absolute atomic E-state index is 0. The average Bonchev–Trinajstić information content (AvgIpc) is 2.77. The lowest BCUT2D eigenvalue weighted by molar-refractivity contribution is -0.112. The number of hydrogen-bond donors (Lipinski definition) is 1. The topological polar surface area (TPSA) is 88.1 Å². The third-order valence-electron chi connectivity index (χ3n) is 5.16. The van der Waals surface area contributed by atoms with Crippen LogP contribution in [0.15, 0.2) is 34.7 Å². The molecule has 1 aromatic carbocycles. The molecular weight excluding hydrogens is 438 g/mol. The van der Waals surface area contributed by atoms with E-state index in [1.807, 2.05) is 30.3 Å². The van der Waals surface area contributed by atoms with Crippen LogP contribution >= 0.6 is 0 Å². The molecule has 2 saturated heterocycles. The summed E-state index contributed by atoms with van der Waals surface area (Å²) in [6.07, 6.45) is 8.19. The first kappa shape index (κ1) is 33.2. The van der Waals surface area contributed by atoms with Crippen LogP contribution in [0.2, 0.25) is 0 Å². The molecule has 0 radical (unpaired) electrons. The van der Waals surface area contributed by atoms with E-state index in [9.17, 15) is 13.8 Å². The van der Waals surface area contributed by atoms with Gasteiger partial charge in [0.1, 0.15) is 12.9 Å². The number of hydrogen-bond acceptors (Lipinski definition) is 6. The number of likely N-dealkylation sites (tertiary alicyclic amines) is 1. The molecule has 7 nitrogen and oxygen atoms in total. The highest BCUT2D eigenvalue weighted by molar-refractivity contribution is 7.92. The van der Waals surface area contributed by atoms with E-state index in [0.717, 1.165) is 44.3 Å². The first-order chi connectivity index (χ1) is 14.4. The molecule has 3 rings (SSSR count). The van der Waals surface area contributed by atoms with E-state index in [1.54, 1.807) is 17.4 Å². The molecule has 1 aromatic rings. The molecule has 1 amide bonds. The third kappa shape index (κ3) is 14.0. The summed E-state index contributed by atoms with van der Waals surface area (Å²) in [5, 5.41) is 3.32. The zero-order chi connectivity index (χ0) is 21.8. The van der Waals surface area contributed by atoms with E-state index in [4.69, 9.17) is 4.74 Å². The molecule has 2 atom stereocenters. The van der Waals surface area contributed by atoms with Crippen molar-refractivity contribution in [1.82, 2.24) is 10.2 Å². The first-order valence-electron chi connectivity index (χ1n) is 10.6. The van der Waals surface area contributed by atoms with Gasteiger partial charge in [0.05, 0.1) is 6.54 Å². The van der Waals surface area contributed by atoms with Crippen LogP contribution in [-0.4, -0.2) is 66.7 Å². The predicted octanol–water partition coefficient (Wildman–Crippen LogP) is 4.86. The monoisotopic (exact) mass is 485 g/mol. The van der Waals surface area contributed by atoms with Crippen molar-refractivity contribution in [2.45, 2.75) is 54.6 Å². The van der Waals surface area contributed by atoms with Crippen molar-refractivity contribution in [2.75, 3.05) is 45.2 Å². The molecule has 0 bridgehead atoms. The van der Waals surface area contributed by atoms with Gasteiger partial charge in [0.2, 0.25) is 0 Å². The first-order valence-corrected chi connectivity index (χ1v) is 12.9. The van der Waals surface area contributed by atoms with Gasteiger partial charge < -0.3 is 19.7 Å². The van der Waals surface area contributed by atoms with E-state index >= 15 is 0 Å². The average molecular weight is 486 g/mol. The summed E-state index contributed by atoms with van der Waals surface area (Å²) in [5.74, 6) is 0.572. The van der Waals surface area contributed by atoms with Crippen LogP contribution in [0, 0.1) is 11.8 Å². The number of aldehydes is 1. The number of amides is 1. The second-order valence-corrected chi connectivity index (χ2v) is 10.9. The molecule has 2 heterocycles. The number of carbonyl (C=O) groups is 2. The normalized spacial score (nSPS) is 19.8. The van der Waals surface area contributed by atoms with Gasteiger partial charge in [-0.2, -0.15) is 0 Å². The van der Waals surface area contributed by atoms with E-state index in [0.29, 0.717) is 19.0 Å². The highest BCUT2D eigenvalue weighted by Crippen LogP contribution is 2.15. The number of piperidine rings is 2. The highest BCUT2D eigenvalue weighted by Gasteiger charge is 2.24. The van der Waals surface area contributed by atoms with Crippen LogP contribution in [0.25, 0.3) is 0 Å². The molecule has 8 heteroatoms. The Hall–Kier alpha value is -1.93. The summed E-state index contributed by atoms with van der Waals surface area (Å²) in [4.78, 5) is 24.2. The second kappa shape index (κ2) is 17.5. The van der Waals surface area contributed by atoms with E-state index in [2.05, 4.69) is 9.68 Å². The van der Waals surface area contributed by atoms with Crippen molar-refractivity contribution in [3.05, 3.63) is 35.9 Å². The van der Waals surface area contributed by atoms with Crippen LogP contribution in [0.1, 0.15) is 53.5 Å². The molecule has 0 saturated carbocycles. The molecule has 0 spiro atoms. The molecular formula is C25H47N3O4S. The van der Waals surface area contributed by atoms with E-state index in [1.165, 1.54) is 12.8 Å². The molecule has 0 aromatic heterocycles. The second-order valence-electron chi connectivity index (χ2n) is 8.23. The fourth-order valence-electron chi connectivity index (χ4n) is 3.46. The number of benzene rings is 1. The van der Waals surface area contributed by atoms with Crippen molar-refractivity contribution < 1.29 is 18.5 Å². The van der Waals surface area contributed by atoms with Crippen molar-refractivity contribution in [2.24, 2.45) is 16.2 Å². The number of nitrogens with one attached hydrogen (secondary N) is 1. The third-order valence-corrected chi connectivity index (χ3v) is 5.93. The molecule has 2 unspecified atom stereocenters. The summed E-state index contributed by atoms with van der Waals surface area (Å²) in [5.41, 5.74) is 0.967. The molecule has 0 aliphatic carbocycles. The number of carbonyl (C=O) groups excluding carboxylic acids is 2. The van der Waals surface area contributed by atoms with Gasteiger partial charge in [-0.15, -0.1) is 0 Å². The molecule has 2 aliphatic rings. The smallest absolute Gasteiger partial charge is 0.410 e. The van der Waals surface area contributed by atoms with Crippen LogP contribution in [0.4, 0.5) is 4.79 Å². The maximum atomic E-state index is 11.8. The van der Waals surface area contributed by atoms with E-state index in [-0.39, 0.29) is 40.9 Å². The number of ether oxygens (including phenoxy) is 1. The summed E-state index contributed by atoms with van der Waals surface area (Å²) in [6.45, 7) is 4.37. The van der Waals surface area contributed by atoms with Gasteiger partial charge in [-0.05, 0) is 50.3 Å². The highest BCUT2D eigenvalue weighted by atomic mass is 32.2. The molecule has 33 heavy (non-hydrogen) atoms. The van der Waals surface area contributed by atoms with E-state index < -0.39 is 9.73 Å². The summed E-state index contributed by atoms with van der Waals surface area (Å²) < 4.78 is 20.6. The van der Waals surface area contributed by atoms with Crippen LogP contribution in [-0.2, 0) is 25.9 Å². The number of nitrogens with zero attached hydrogens (tertiary/aromatic N) is 2. The minimum atomic E-state index is -1.88. The SMILES string of the molecule is C.C.C.CS(C)(=O)=NCC1CCCNC1.O=CC1CCCN(C(=O)OCc2ccccc2)C1. The lowest BCUT2D eigenvalue weighted by atomic mass is 10.0. The lowest BCUT2D eigenvalue weighted by Crippen LogP contribution is -2.40. The number of rotatable bonds is 5. The minimum Gasteiger partial charge on any atom is -0.445 e. The molecule has 1 N–H and O–H groups in total. The summed E-state index contributed by atoms with van der Waals surface area (Å²) >= 11 is 0. The van der Waals surface area contributed by atoms with Crippen LogP contribution in [0.5, 0.6) is 0 Å².